The van der Waals surface area contributed by atoms with Crippen LogP contribution in [0.1, 0.15) is 31.7 Å². The largest absolute Gasteiger partial charge is 0.357 e. The maximum absolute atomic E-state index is 13.4. The first-order valence-electron chi connectivity index (χ1n) is 7.97. The molecular formula is C17H27FIN3S. The Morgan fingerprint density at radius 3 is 2.74 bits per heavy atom. The highest BCUT2D eigenvalue weighted by molar-refractivity contribution is 14.0. The average Bonchev–Trinajstić information content (AvgIpc) is 3.30. The van der Waals surface area contributed by atoms with Gasteiger partial charge in [-0.25, -0.2) is 4.39 Å². The van der Waals surface area contributed by atoms with E-state index < -0.39 is 0 Å². The zero-order valence-electron chi connectivity index (χ0n) is 13.9. The van der Waals surface area contributed by atoms with E-state index in [1.54, 1.807) is 12.1 Å². The fraction of sp³-hybridized carbons (Fsp3) is 0.588. The van der Waals surface area contributed by atoms with Crippen molar-refractivity contribution in [1.82, 2.24) is 10.6 Å². The molecule has 1 aromatic carbocycles. The van der Waals surface area contributed by atoms with Gasteiger partial charge in [0.1, 0.15) is 5.82 Å². The first-order valence-corrected chi connectivity index (χ1v) is 9.37. The van der Waals surface area contributed by atoms with Crippen LogP contribution in [0.25, 0.3) is 0 Å². The van der Waals surface area contributed by atoms with Gasteiger partial charge in [-0.1, -0.05) is 12.1 Å². The first kappa shape index (κ1) is 20.5. The molecule has 0 bridgehead atoms. The third kappa shape index (κ3) is 6.49. The number of benzene rings is 1. The minimum atomic E-state index is -0.158. The lowest BCUT2D eigenvalue weighted by molar-refractivity contribution is 0.615. The minimum absolute atomic E-state index is 0. The topological polar surface area (TPSA) is 36.4 Å². The Bertz CT molecular complexity index is 506. The normalized spacial score (nSPS) is 15.7. The molecule has 1 aliphatic rings. The Morgan fingerprint density at radius 1 is 1.35 bits per heavy atom. The summed E-state index contributed by atoms with van der Waals surface area (Å²) in [5.74, 6) is 1.86. The summed E-state index contributed by atoms with van der Waals surface area (Å²) in [6, 6.07) is 6.96. The number of rotatable bonds is 8. The van der Waals surface area contributed by atoms with E-state index in [-0.39, 0.29) is 35.2 Å². The van der Waals surface area contributed by atoms with Crippen molar-refractivity contribution in [2.75, 3.05) is 31.6 Å². The summed E-state index contributed by atoms with van der Waals surface area (Å²) in [6.07, 6.45) is 5.42. The maximum Gasteiger partial charge on any atom is 0.191 e. The van der Waals surface area contributed by atoms with E-state index in [4.69, 9.17) is 4.99 Å². The predicted molar refractivity (Wildman–Crippen MR) is 110 cm³/mol. The van der Waals surface area contributed by atoms with Gasteiger partial charge in [0, 0.05) is 18.5 Å². The van der Waals surface area contributed by atoms with E-state index in [9.17, 15) is 4.39 Å². The van der Waals surface area contributed by atoms with Gasteiger partial charge in [-0.2, -0.15) is 11.8 Å². The number of halogens is 2. The summed E-state index contributed by atoms with van der Waals surface area (Å²) < 4.78 is 13.4. The first-order chi connectivity index (χ1) is 10.7. The predicted octanol–water partition coefficient (Wildman–Crippen LogP) is 3.78. The summed E-state index contributed by atoms with van der Waals surface area (Å²) in [5.41, 5.74) is 1.12. The second-order valence-corrected chi connectivity index (χ2v) is 6.74. The molecule has 130 valence electrons. The smallest absolute Gasteiger partial charge is 0.191 e. The van der Waals surface area contributed by atoms with Crippen molar-refractivity contribution in [2.24, 2.45) is 4.99 Å². The highest BCUT2D eigenvalue weighted by Crippen LogP contribution is 2.48. The van der Waals surface area contributed by atoms with Crippen LogP contribution >= 0.6 is 35.7 Å². The lowest BCUT2D eigenvalue weighted by atomic mass is 9.96. The molecule has 0 aromatic heterocycles. The third-order valence-corrected chi connectivity index (χ3v) is 4.69. The third-order valence-electron chi connectivity index (χ3n) is 3.99. The summed E-state index contributed by atoms with van der Waals surface area (Å²) in [6.45, 7) is 4.56. The van der Waals surface area contributed by atoms with Crippen molar-refractivity contribution in [2.45, 2.75) is 31.6 Å². The number of aliphatic imine (C=N–C) groups is 1. The molecule has 0 spiro atoms. The Kier molecular flexibility index (Phi) is 9.27. The minimum Gasteiger partial charge on any atom is -0.357 e. The van der Waals surface area contributed by atoms with Crippen LogP contribution in [0.5, 0.6) is 0 Å². The van der Waals surface area contributed by atoms with Gasteiger partial charge in [0.05, 0.1) is 6.54 Å². The molecule has 2 rings (SSSR count). The van der Waals surface area contributed by atoms with Gasteiger partial charge in [-0.3, -0.25) is 4.99 Å². The van der Waals surface area contributed by atoms with Crippen LogP contribution in [0.2, 0.25) is 0 Å². The van der Waals surface area contributed by atoms with Crippen LogP contribution in [0.4, 0.5) is 4.39 Å². The Labute approximate surface area is 160 Å². The number of thioether (sulfide) groups is 1. The SMILES string of the molecule is CCNC(=NCC1(c2cccc(F)c2)CC1)NCCCSC.I. The number of nitrogens with zero attached hydrogens (tertiary/aromatic N) is 1. The molecule has 1 saturated carbocycles. The molecule has 0 radical (unpaired) electrons. The lowest BCUT2D eigenvalue weighted by Gasteiger charge is -2.16. The Balaban J connectivity index is 0.00000264. The second-order valence-electron chi connectivity index (χ2n) is 5.76. The van der Waals surface area contributed by atoms with E-state index in [0.717, 1.165) is 49.6 Å². The molecule has 0 amide bonds. The van der Waals surface area contributed by atoms with E-state index in [2.05, 4.69) is 23.8 Å². The lowest BCUT2D eigenvalue weighted by Crippen LogP contribution is -2.38. The van der Waals surface area contributed by atoms with Crippen LogP contribution in [-0.4, -0.2) is 37.6 Å². The van der Waals surface area contributed by atoms with Crippen molar-refractivity contribution < 1.29 is 4.39 Å². The summed E-state index contributed by atoms with van der Waals surface area (Å²) in [4.78, 5) is 4.72. The quantitative estimate of drug-likeness (QED) is 0.273. The van der Waals surface area contributed by atoms with E-state index in [0.29, 0.717) is 6.54 Å². The molecule has 0 unspecified atom stereocenters. The summed E-state index contributed by atoms with van der Waals surface area (Å²) in [5, 5.41) is 6.65. The summed E-state index contributed by atoms with van der Waals surface area (Å²) >= 11 is 1.86. The molecule has 1 fully saturated rings. The molecule has 6 heteroatoms. The molecule has 0 heterocycles. The molecule has 0 aliphatic heterocycles. The van der Waals surface area contributed by atoms with E-state index >= 15 is 0 Å². The van der Waals surface area contributed by atoms with Crippen LogP contribution in [0, 0.1) is 5.82 Å². The van der Waals surface area contributed by atoms with Gasteiger partial charge >= 0.3 is 0 Å². The van der Waals surface area contributed by atoms with Crippen LogP contribution in [0.15, 0.2) is 29.3 Å². The van der Waals surface area contributed by atoms with Gasteiger partial charge in [0.25, 0.3) is 0 Å². The van der Waals surface area contributed by atoms with Gasteiger partial charge in [-0.05, 0) is 55.9 Å². The average molecular weight is 451 g/mol. The monoisotopic (exact) mass is 451 g/mol. The van der Waals surface area contributed by atoms with E-state index in [1.165, 1.54) is 6.07 Å². The standard InChI is InChI=1S/C17H26FN3S.HI/c1-3-19-16(20-10-5-11-22-2)21-13-17(8-9-17)14-6-4-7-15(18)12-14;/h4,6-7,12H,3,5,8-11,13H2,1-2H3,(H2,19,20,21);1H. The zero-order chi connectivity index (χ0) is 15.8. The molecule has 3 nitrogen and oxygen atoms in total. The van der Waals surface area contributed by atoms with E-state index in [1.807, 2.05) is 17.8 Å². The van der Waals surface area contributed by atoms with Crippen molar-refractivity contribution >= 4 is 41.7 Å². The number of nitrogens with one attached hydrogen (secondary N) is 2. The number of hydrogen-bond acceptors (Lipinski definition) is 2. The number of guanidine groups is 1. The second kappa shape index (κ2) is 10.4. The molecule has 23 heavy (non-hydrogen) atoms. The molecule has 2 N–H and O–H groups in total. The maximum atomic E-state index is 13.4. The van der Waals surface area contributed by atoms with Crippen LogP contribution in [-0.2, 0) is 5.41 Å². The molecule has 0 atom stereocenters. The Hall–Kier alpha value is -0.500. The fourth-order valence-corrected chi connectivity index (χ4v) is 2.94. The van der Waals surface area contributed by atoms with Gasteiger partial charge in [0.2, 0.25) is 0 Å². The zero-order valence-corrected chi connectivity index (χ0v) is 17.0. The fourth-order valence-electron chi connectivity index (χ4n) is 2.50. The van der Waals surface area contributed by atoms with Gasteiger partial charge in [-0.15, -0.1) is 24.0 Å². The Morgan fingerprint density at radius 2 is 2.13 bits per heavy atom. The summed E-state index contributed by atoms with van der Waals surface area (Å²) in [7, 11) is 0. The van der Waals surface area contributed by atoms with Gasteiger partial charge < -0.3 is 10.6 Å². The van der Waals surface area contributed by atoms with Crippen molar-refractivity contribution in [3.8, 4) is 0 Å². The number of hydrogen-bond donors (Lipinski definition) is 2. The highest BCUT2D eigenvalue weighted by Gasteiger charge is 2.44. The van der Waals surface area contributed by atoms with Crippen LogP contribution in [0.3, 0.4) is 0 Å². The molecule has 0 saturated heterocycles. The highest BCUT2D eigenvalue weighted by atomic mass is 127. The molecule has 1 aromatic rings. The molecule has 1 aliphatic carbocycles. The van der Waals surface area contributed by atoms with Crippen molar-refractivity contribution in [3.63, 3.8) is 0 Å². The van der Waals surface area contributed by atoms with Gasteiger partial charge in [0.15, 0.2) is 5.96 Å². The van der Waals surface area contributed by atoms with Crippen LogP contribution < -0.4 is 10.6 Å². The van der Waals surface area contributed by atoms with Crippen molar-refractivity contribution in [1.29, 1.82) is 0 Å². The van der Waals surface area contributed by atoms with Crippen molar-refractivity contribution in [3.05, 3.63) is 35.6 Å². The molecular weight excluding hydrogens is 424 g/mol.